The van der Waals surface area contributed by atoms with Crippen molar-refractivity contribution in [1.29, 1.82) is 0 Å². The van der Waals surface area contributed by atoms with Crippen molar-refractivity contribution in [3.05, 3.63) is 48.0 Å². The maximum Gasteiger partial charge on any atom is 0.193 e. The van der Waals surface area contributed by atoms with Crippen LogP contribution in [0.5, 0.6) is 17.2 Å². The maximum atomic E-state index is 6.06. The standard InChI is InChI=1S/C22H29N3O3/c1-26-19-12-13-21(27-2)20(14-19)25-22(23)24-15-16-8-10-18(11-9-16)28-17-6-4-3-5-7-17/h8-14,17H,3-7,15H2,1-2H3,(H3,23,24,25). The predicted octanol–water partition coefficient (Wildman–Crippen LogP) is 4.34. The number of hydrogen-bond donors (Lipinski definition) is 2. The highest BCUT2D eigenvalue weighted by molar-refractivity contribution is 5.94. The molecule has 0 amide bonds. The molecular weight excluding hydrogens is 354 g/mol. The molecule has 3 N–H and O–H groups in total. The van der Waals surface area contributed by atoms with E-state index in [-0.39, 0.29) is 0 Å². The van der Waals surface area contributed by atoms with Gasteiger partial charge in [-0.3, -0.25) is 0 Å². The molecule has 0 spiro atoms. The van der Waals surface area contributed by atoms with Crippen LogP contribution < -0.4 is 25.3 Å². The summed E-state index contributed by atoms with van der Waals surface area (Å²) in [5.74, 6) is 2.62. The molecule has 28 heavy (non-hydrogen) atoms. The summed E-state index contributed by atoms with van der Waals surface area (Å²) in [7, 11) is 3.22. The Labute approximate surface area is 166 Å². The number of anilines is 1. The molecule has 0 saturated heterocycles. The molecule has 6 heteroatoms. The summed E-state index contributed by atoms with van der Waals surface area (Å²) >= 11 is 0. The quantitative estimate of drug-likeness (QED) is 0.549. The predicted molar refractivity (Wildman–Crippen MR) is 112 cm³/mol. The van der Waals surface area contributed by atoms with Crippen molar-refractivity contribution in [3.63, 3.8) is 0 Å². The molecule has 6 nitrogen and oxygen atoms in total. The summed E-state index contributed by atoms with van der Waals surface area (Å²) in [6, 6.07) is 13.5. The normalized spacial score (nSPS) is 15.1. The molecule has 2 aromatic rings. The zero-order chi connectivity index (χ0) is 19.8. The number of rotatable bonds is 7. The van der Waals surface area contributed by atoms with Gasteiger partial charge in [-0.05, 0) is 55.5 Å². The lowest BCUT2D eigenvalue weighted by molar-refractivity contribution is 0.155. The van der Waals surface area contributed by atoms with E-state index in [0.717, 1.165) is 24.2 Å². The van der Waals surface area contributed by atoms with E-state index in [9.17, 15) is 0 Å². The van der Waals surface area contributed by atoms with E-state index < -0.39 is 0 Å². The van der Waals surface area contributed by atoms with Gasteiger partial charge in [-0.25, -0.2) is 4.99 Å². The maximum absolute atomic E-state index is 6.06. The van der Waals surface area contributed by atoms with E-state index in [2.05, 4.69) is 10.3 Å². The van der Waals surface area contributed by atoms with Crippen LogP contribution in [0.3, 0.4) is 0 Å². The van der Waals surface area contributed by atoms with Crippen molar-refractivity contribution in [2.24, 2.45) is 10.7 Å². The molecule has 2 aromatic carbocycles. The first-order valence-electron chi connectivity index (χ1n) is 9.72. The van der Waals surface area contributed by atoms with Crippen LogP contribution in [0.2, 0.25) is 0 Å². The lowest BCUT2D eigenvalue weighted by Crippen LogP contribution is -2.23. The molecular formula is C22H29N3O3. The Morgan fingerprint density at radius 3 is 2.39 bits per heavy atom. The molecule has 0 radical (unpaired) electrons. The van der Waals surface area contributed by atoms with Gasteiger partial charge in [0, 0.05) is 6.07 Å². The number of methoxy groups -OCH3 is 2. The summed E-state index contributed by atoms with van der Waals surface area (Å²) < 4.78 is 16.6. The van der Waals surface area contributed by atoms with Gasteiger partial charge in [0.1, 0.15) is 17.2 Å². The molecule has 150 valence electrons. The molecule has 1 fully saturated rings. The number of nitrogens with zero attached hydrogens (tertiary/aromatic N) is 1. The molecule has 0 atom stereocenters. The second-order valence-corrected chi connectivity index (χ2v) is 6.91. The summed E-state index contributed by atoms with van der Waals surface area (Å²) in [6.07, 6.45) is 6.52. The number of aliphatic imine (C=N–C) groups is 1. The highest BCUT2D eigenvalue weighted by Crippen LogP contribution is 2.28. The molecule has 0 unspecified atom stereocenters. The Kier molecular flexibility index (Phi) is 7.00. The zero-order valence-electron chi connectivity index (χ0n) is 16.6. The molecule has 0 bridgehead atoms. The van der Waals surface area contributed by atoms with Crippen LogP contribution in [0.15, 0.2) is 47.5 Å². The minimum absolute atomic E-state index is 0.314. The third-order valence-corrected chi connectivity index (χ3v) is 4.88. The molecule has 1 aliphatic rings. The number of hydrogen-bond acceptors (Lipinski definition) is 4. The number of ether oxygens (including phenoxy) is 3. The van der Waals surface area contributed by atoms with Crippen molar-refractivity contribution >= 4 is 11.6 Å². The van der Waals surface area contributed by atoms with E-state index in [1.54, 1.807) is 14.2 Å². The number of nitrogens with two attached hydrogens (primary N) is 1. The Hall–Kier alpha value is -2.89. The summed E-state index contributed by atoms with van der Waals surface area (Å²) in [4.78, 5) is 4.41. The Balaban J connectivity index is 1.57. The minimum atomic E-state index is 0.314. The molecule has 3 rings (SSSR count). The number of benzene rings is 2. The first-order valence-corrected chi connectivity index (χ1v) is 9.72. The van der Waals surface area contributed by atoms with Crippen LogP contribution >= 0.6 is 0 Å². The molecule has 0 aromatic heterocycles. The molecule has 0 heterocycles. The topological polar surface area (TPSA) is 78.1 Å². The van der Waals surface area contributed by atoms with Gasteiger partial charge < -0.3 is 25.3 Å². The highest BCUT2D eigenvalue weighted by Gasteiger charge is 2.14. The average molecular weight is 383 g/mol. The van der Waals surface area contributed by atoms with E-state index in [4.69, 9.17) is 19.9 Å². The fourth-order valence-electron chi connectivity index (χ4n) is 3.31. The smallest absolute Gasteiger partial charge is 0.193 e. The van der Waals surface area contributed by atoms with Gasteiger partial charge in [0.2, 0.25) is 0 Å². The van der Waals surface area contributed by atoms with Crippen molar-refractivity contribution < 1.29 is 14.2 Å². The van der Waals surface area contributed by atoms with Gasteiger partial charge in [-0.1, -0.05) is 18.6 Å². The second-order valence-electron chi connectivity index (χ2n) is 6.91. The molecule has 1 aliphatic carbocycles. The number of guanidine groups is 1. The van der Waals surface area contributed by atoms with Crippen LogP contribution in [0.25, 0.3) is 0 Å². The lowest BCUT2D eigenvalue weighted by atomic mass is 9.98. The number of nitrogens with one attached hydrogen (secondary N) is 1. The van der Waals surface area contributed by atoms with Gasteiger partial charge in [-0.2, -0.15) is 0 Å². The van der Waals surface area contributed by atoms with Crippen molar-refractivity contribution in [1.82, 2.24) is 0 Å². The third-order valence-electron chi connectivity index (χ3n) is 4.88. The van der Waals surface area contributed by atoms with Crippen LogP contribution in [-0.4, -0.2) is 26.3 Å². The first-order chi connectivity index (χ1) is 13.7. The van der Waals surface area contributed by atoms with Gasteiger partial charge in [0.15, 0.2) is 5.96 Å². The summed E-state index contributed by atoms with van der Waals surface area (Å²) in [5.41, 5.74) is 7.82. The van der Waals surface area contributed by atoms with Gasteiger partial charge in [-0.15, -0.1) is 0 Å². The monoisotopic (exact) mass is 383 g/mol. The summed E-state index contributed by atoms with van der Waals surface area (Å²) in [6.45, 7) is 0.481. The van der Waals surface area contributed by atoms with Gasteiger partial charge in [0.05, 0.1) is 32.6 Å². The lowest BCUT2D eigenvalue weighted by Gasteiger charge is -2.23. The minimum Gasteiger partial charge on any atom is -0.497 e. The Morgan fingerprint density at radius 2 is 1.71 bits per heavy atom. The first kappa shape index (κ1) is 19.9. The largest absolute Gasteiger partial charge is 0.497 e. The van der Waals surface area contributed by atoms with E-state index in [1.165, 1.54) is 19.3 Å². The average Bonchev–Trinajstić information content (AvgIpc) is 2.74. The third kappa shape index (κ3) is 5.55. The van der Waals surface area contributed by atoms with Crippen LogP contribution in [0.1, 0.15) is 37.7 Å². The van der Waals surface area contributed by atoms with Crippen LogP contribution in [0.4, 0.5) is 5.69 Å². The second kappa shape index (κ2) is 9.88. The fraction of sp³-hybridized carbons (Fsp3) is 0.409. The van der Waals surface area contributed by atoms with E-state index in [0.29, 0.717) is 35.8 Å². The van der Waals surface area contributed by atoms with Crippen molar-refractivity contribution in [2.45, 2.75) is 44.8 Å². The van der Waals surface area contributed by atoms with E-state index >= 15 is 0 Å². The van der Waals surface area contributed by atoms with Crippen LogP contribution in [-0.2, 0) is 6.54 Å². The fourth-order valence-corrected chi connectivity index (χ4v) is 3.31. The Bertz CT molecular complexity index is 784. The van der Waals surface area contributed by atoms with Crippen LogP contribution in [0, 0.1) is 0 Å². The highest BCUT2D eigenvalue weighted by atomic mass is 16.5. The summed E-state index contributed by atoms with van der Waals surface area (Å²) in [5, 5.41) is 3.07. The molecule has 0 aliphatic heterocycles. The molecule has 1 saturated carbocycles. The van der Waals surface area contributed by atoms with Crippen molar-refractivity contribution in [3.8, 4) is 17.2 Å². The van der Waals surface area contributed by atoms with Crippen molar-refractivity contribution in [2.75, 3.05) is 19.5 Å². The van der Waals surface area contributed by atoms with Gasteiger partial charge in [0.25, 0.3) is 0 Å². The SMILES string of the molecule is COc1ccc(OC)c(NC(N)=NCc2ccc(OC3CCCCC3)cc2)c1. The van der Waals surface area contributed by atoms with E-state index in [1.807, 2.05) is 42.5 Å². The van der Waals surface area contributed by atoms with Gasteiger partial charge >= 0.3 is 0 Å². The Morgan fingerprint density at radius 1 is 1.00 bits per heavy atom. The zero-order valence-corrected chi connectivity index (χ0v) is 16.6.